The van der Waals surface area contributed by atoms with Crippen molar-refractivity contribution in [3.8, 4) is 5.75 Å². The van der Waals surface area contributed by atoms with Gasteiger partial charge in [-0.3, -0.25) is 14.5 Å². The van der Waals surface area contributed by atoms with Crippen LogP contribution in [0.25, 0.3) is 0 Å². The Morgan fingerprint density at radius 1 is 1.21 bits per heavy atom. The molecule has 1 N–H and O–H groups in total. The van der Waals surface area contributed by atoms with Crippen LogP contribution in [-0.2, 0) is 20.5 Å². The summed E-state index contributed by atoms with van der Waals surface area (Å²) in [4.78, 5) is 27.9. The number of hydrogen-bond donors (Lipinski definition) is 1. The van der Waals surface area contributed by atoms with Crippen LogP contribution >= 0.6 is 11.8 Å². The highest BCUT2D eigenvalue weighted by molar-refractivity contribution is 8.00. The normalized spacial score (nSPS) is 16.8. The number of hydrogen-bond acceptors (Lipinski definition) is 5. The Morgan fingerprint density at radius 2 is 1.88 bits per heavy atom. The molecule has 3 rings (SSSR count). The average Bonchev–Trinajstić information content (AvgIpc) is 3.12. The SMILES string of the molecule is CCCNC(=O)CN1C(=O)CS[C@@H](c2ccccc2OC)c2c(C(C)(C)C)nn(C(C)(C)C)c21. The van der Waals surface area contributed by atoms with Crippen LogP contribution in [0, 0.1) is 0 Å². The number of amides is 2. The Hall–Kier alpha value is -2.48. The number of anilines is 1. The second-order valence-electron chi connectivity index (χ2n) is 10.7. The Labute approximate surface area is 207 Å². The zero-order valence-corrected chi connectivity index (χ0v) is 22.5. The summed E-state index contributed by atoms with van der Waals surface area (Å²) < 4.78 is 7.65. The molecule has 0 fully saturated rings. The van der Waals surface area contributed by atoms with Crippen LogP contribution in [0.1, 0.15) is 77.0 Å². The largest absolute Gasteiger partial charge is 0.496 e. The van der Waals surface area contributed by atoms with Gasteiger partial charge in [-0.1, -0.05) is 45.9 Å². The van der Waals surface area contributed by atoms with Gasteiger partial charge in [0, 0.05) is 23.1 Å². The number of thioether (sulfide) groups is 1. The van der Waals surface area contributed by atoms with Crippen molar-refractivity contribution in [3.63, 3.8) is 0 Å². The fourth-order valence-corrected chi connectivity index (χ4v) is 5.36. The number of nitrogens with zero attached hydrogens (tertiary/aromatic N) is 3. The quantitative estimate of drug-likeness (QED) is 0.644. The lowest BCUT2D eigenvalue weighted by Gasteiger charge is -2.29. The average molecular weight is 487 g/mol. The lowest BCUT2D eigenvalue weighted by atomic mass is 9.87. The summed E-state index contributed by atoms with van der Waals surface area (Å²) in [5, 5.41) is 7.85. The summed E-state index contributed by atoms with van der Waals surface area (Å²) in [5.41, 5.74) is 2.23. The van der Waals surface area contributed by atoms with E-state index in [1.165, 1.54) is 0 Å². The van der Waals surface area contributed by atoms with Gasteiger partial charge in [0.1, 0.15) is 18.1 Å². The maximum atomic E-state index is 13.5. The fraction of sp³-hybridized carbons (Fsp3) is 0.577. The molecule has 34 heavy (non-hydrogen) atoms. The number of carbonyl (C=O) groups is 2. The van der Waals surface area contributed by atoms with Crippen molar-refractivity contribution in [1.82, 2.24) is 15.1 Å². The first-order valence-electron chi connectivity index (χ1n) is 11.9. The molecular formula is C26H38N4O3S. The Kier molecular flexibility index (Phi) is 7.70. The second kappa shape index (κ2) is 10.0. The highest BCUT2D eigenvalue weighted by Gasteiger charge is 2.42. The number of nitrogens with one attached hydrogen (secondary N) is 1. The van der Waals surface area contributed by atoms with Gasteiger partial charge in [0.15, 0.2) is 0 Å². The van der Waals surface area contributed by atoms with Crippen molar-refractivity contribution in [3.05, 3.63) is 41.1 Å². The third kappa shape index (κ3) is 5.27. The lowest BCUT2D eigenvalue weighted by molar-refractivity contribution is -0.122. The van der Waals surface area contributed by atoms with E-state index in [0.29, 0.717) is 12.4 Å². The third-order valence-electron chi connectivity index (χ3n) is 5.73. The summed E-state index contributed by atoms with van der Waals surface area (Å²) >= 11 is 1.56. The summed E-state index contributed by atoms with van der Waals surface area (Å²) in [6.07, 6.45) is 0.838. The maximum Gasteiger partial charge on any atom is 0.240 e. The predicted molar refractivity (Wildman–Crippen MR) is 139 cm³/mol. The summed E-state index contributed by atoms with van der Waals surface area (Å²) in [6, 6.07) is 7.94. The van der Waals surface area contributed by atoms with E-state index in [4.69, 9.17) is 9.84 Å². The molecule has 1 aliphatic heterocycles. The molecule has 2 aromatic rings. The number of methoxy groups -OCH3 is 1. The molecule has 0 aliphatic carbocycles. The first-order chi connectivity index (χ1) is 15.9. The molecule has 0 radical (unpaired) electrons. The lowest BCUT2D eigenvalue weighted by Crippen LogP contribution is -2.44. The molecule has 1 atom stereocenters. The molecule has 0 saturated heterocycles. The van der Waals surface area contributed by atoms with Crippen LogP contribution in [-0.4, -0.2) is 47.5 Å². The van der Waals surface area contributed by atoms with E-state index < -0.39 is 5.54 Å². The van der Waals surface area contributed by atoms with Crippen LogP contribution in [0.4, 0.5) is 5.82 Å². The van der Waals surface area contributed by atoms with Crippen molar-refractivity contribution in [2.45, 2.75) is 71.1 Å². The molecule has 0 saturated carbocycles. The predicted octanol–water partition coefficient (Wildman–Crippen LogP) is 4.64. The Balaban J connectivity index is 2.32. The smallest absolute Gasteiger partial charge is 0.240 e. The zero-order chi connectivity index (χ0) is 25.3. The van der Waals surface area contributed by atoms with Crippen molar-refractivity contribution in [2.24, 2.45) is 0 Å². The molecule has 0 bridgehead atoms. The molecule has 0 unspecified atom stereocenters. The zero-order valence-electron chi connectivity index (χ0n) is 21.7. The minimum Gasteiger partial charge on any atom is -0.496 e. The van der Waals surface area contributed by atoms with Crippen LogP contribution in [0.15, 0.2) is 24.3 Å². The van der Waals surface area contributed by atoms with Gasteiger partial charge in [0.05, 0.1) is 29.3 Å². The van der Waals surface area contributed by atoms with Gasteiger partial charge in [-0.2, -0.15) is 5.10 Å². The third-order valence-corrected chi connectivity index (χ3v) is 6.97. The van der Waals surface area contributed by atoms with E-state index >= 15 is 0 Å². The second-order valence-corrected chi connectivity index (χ2v) is 11.8. The molecule has 1 aliphatic rings. The highest BCUT2D eigenvalue weighted by atomic mass is 32.2. The number of rotatable bonds is 6. The van der Waals surface area contributed by atoms with E-state index in [1.54, 1.807) is 23.8 Å². The molecular weight excluding hydrogens is 448 g/mol. The first kappa shape index (κ1) is 26.1. The molecule has 2 amide bonds. The summed E-state index contributed by atoms with van der Waals surface area (Å²) in [7, 11) is 1.67. The number of ether oxygens (including phenoxy) is 1. The molecule has 8 heteroatoms. The number of benzene rings is 1. The highest BCUT2D eigenvalue weighted by Crippen LogP contribution is 2.50. The maximum absolute atomic E-state index is 13.5. The minimum atomic E-state index is -0.396. The summed E-state index contributed by atoms with van der Waals surface area (Å²) in [5.74, 6) is 1.47. The summed E-state index contributed by atoms with van der Waals surface area (Å²) in [6.45, 7) is 15.2. The topological polar surface area (TPSA) is 76.5 Å². The van der Waals surface area contributed by atoms with E-state index in [2.05, 4.69) is 52.9 Å². The van der Waals surface area contributed by atoms with Crippen LogP contribution in [0.3, 0.4) is 0 Å². The molecule has 7 nitrogen and oxygen atoms in total. The molecule has 1 aromatic carbocycles. The monoisotopic (exact) mass is 486 g/mol. The number of aromatic nitrogens is 2. The van der Waals surface area contributed by atoms with Gasteiger partial charge >= 0.3 is 0 Å². The van der Waals surface area contributed by atoms with Crippen molar-refractivity contribution < 1.29 is 14.3 Å². The molecule has 1 aromatic heterocycles. The molecule has 2 heterocycles. The van der Waals surface area contributed by atoms with Gasteiger partial charge < -0.3 is 10.1 Å². The molecule has 186 valence electrons. The minimum absolute atomic E-state index is 0.0314. The standard InChI is InChI=1S/C26H38N4O3S/c1-9-14-27-19(31)15-29-20(32)16-34-22(17-12-10-11-13-18(17)33-8)21-23(25(2,3)4)28-30(24(21)29)26(5,6)7/h10-13,22H,9,14-16H2,1-8H3,(H,27,31)/t22-/m0/s1. The van der Waals surface area contributed by atoms with Crippen molar-refractivity contribution in [1.29, 1.82) is 0 Å². The van der Waals surface area contributed by atoms with E-state index in [1.807, 2.05) is 29.8 Å². The van der Waals surface area contributed by atoms with Gasteiger partial charge in [-0.05, 0) is 33.3 Å². The van der Waals surface area contributed by atoms with E-state index in [0.717, 1.165) is 29.0 Å². The Morgan fingerprint density at radius 3 is 2.47 bits per heavy atom. The number of fused-ring (bicyclic) bond motifs is 1. The first-order valence-corrected chi connectivity index (χ1v) is 12.9. The number of carbonyl (C=O) groups excluding carboxylic acids is 2. The van der Waals surface area contributed by atoms with Gasteiger partial charge in [-0.25, -0.2) is 4.68 Å². The van der Waals surface area contributed by atoms with Crippen molar-refractivity contribution in [2.75, 3.05) is 30.9 Å². The number of para-hydroxylation sites is 1. The van der Waals surface area contributed by atoms with E-state index in [-0.39, 0.29) is 34.8 Å². The van der Waals surface area contributed by atoms with Crippen LogP contribution in [0.5, 0.6) is 5.75 Å². The van der Waals surface area contributed by atoms with E-state index in [9.17, 15) is 9.59 Å². The van der Waals surface area contributed by atoms with Gasteiger partial charge in [-0.15, -0.1) is 11.8 Å². The van der Waals surface area contributed by atoms with Crippen LogP contribution < -0.4 is 15.0 Å². The Bertz CT molecular complexity index is 1050. The fourth-order valence-electron chi connectivity index (χ4n) is 4.13. The van der Waals surface area contributed by atoms with Crippen molar-refractivity contribution >= 4 is 29.4 Å². The van der Waals surface area contributed by atoms with Gasteiger partial charge in [0.2, 0.25) is 11.8 Å². The van der Waals surface area contributed by atoms with Crippen LogP contribution in [0.2, 0.25) is 0 Å². The molecule has 0 spiro atoms. The van der Waals surface area contributed by atoms with Gasteiger partial charge in [0.25, 0.3) is 0 Å².